The minimum absolute atomic E-state index is 0.321. The topological polar surface area (TPSA) is 54.2 Å². The van der Waals surface area contributed by atoms with Crippen LogP contribution in [-0.2, 0) is 0 Å². The quantitative estimate of drug-likeness (QED) is 0.498. The van der Waals surface area contributed by atoms with Crippen molar-refractivity contribution in [3.05, 3.63) is 85.1 Å². The molecule has 32 heavy (non-hydrogen) atoms. The van der Waals surface area contributed by atoms with Crippen LogP contribution in [-0.4, -0.2) is 36.1 Å². The zero-order chi connectivity index (χ0) is 23.1. The van der Waals surface area contributed by atoms with E-state index in [-0.39, 0.29) is 0 Å². The third-order valence-corrected chi connectivity index (χ3v) is 5.83. The number of nitrogens with zero attached hydrogens (tertiary/aromatic N) is 2. The van der Waals surface area contributed by atoms with Gasteiger partial charge in [-0.2, -0.15) is 0 Å². The molecular weight excluding hydrogens is 392 g/mol. The van der Waals surface area contributed by atoms with Gasteiger partial charge in [-0.1, -0.05) is 49.6 Å². The molecule has 1 aliphatic rings. The Hall–Kier alpha value is -3.11. The Kier molecular flexibility index (Phi) is 8.07. The van der Waals surface area contributed by atoms with Crippen LogP contribution < -0.4 is 11.1 Å². The number of nitrogens with two attached hydrogens (primary N) is 1. The zero-order valence-electron chi connectivity index (χ0n) is 19.6. The van der Waals surface area contributed by atoms with Crippen molar-refractivity contribution < 1.29 is 0 Å². The number of rotatable bonds is 8. The van der Waals surface area contributed by atoms with Crippen LogP contribution in [0, 0.1) is 0 Å². The molecule has 1 aromatic carbocycles. The van der Waals surface area contributed by atoms with Crippen LogP contribution >= 0.6 is 0 Å². The number of allylic oxidation sites excluding steroid dienone is 5. The second kappa shape index (κ2) is 11.0. The van der Waals surface area contributed by atoms with Crippen molar-refractivity contribution >= 4 is 17.0 Å². The Morgan fingerprint density at radius 2 is 1.91 bits per heavy atom. The molecule has 3 rings (SSSR count). The Bertz CT molecular complexity index is 1010. The predicted octanol–water partition coefficient (Wildman–Crippen LogP) is 6.11. The third-order valence-electron chi connectivity index (χ3n) is 5.83. The molecule has 0 saturated heterocycles. The minimum Gasteiger partial charge on any atom is -0.383 e. The van der Waals surface area contributed by atoms with Gasteiger partial charge in [0.15, 0.2) is 0 Å². The van der Waals surface area contributed by atoms with Gasteiger partial charge in [-0.05, 0) is 67.5 Å². The number of hydrogen-bond donors (Lipinski definition) is 2. The van der Waals surface area contributed by atoms with Crippen molar-refractivity contribution in [1.82, 2.24) is 9.88 Å². The maximum atomic E-state index is 6.11. The minimum atomic E-state index is 0.321. The summed E-state index contributed by atoms with van der Waals surface area (Å²) in [6.45, 7) is 10.2. The third kappa shape index (κ3) is 5.98. The number of nitrogens with one attached hydrogen (secondary N) is 1. The predicted molar refractivity (Wildman–Crippen MR) is 139 cm³/mol. The molecule has 1 fully saturated rings. The lowest BCUT2D eigenvalue weighted by Crippen LogP contribution is -2.33. The highest BCUT2D eigenvalue weighted by Gasteiger charge is 2.20. The Morgan fingerprint density at radius 1 is 1.16 bits per heavy atom. The van der Waals surface area contributed by atoms with E-state index in [1.807, 2.05) is 44.1 Å². The molecule has 0 amide bonds. The number of benzene rings is 1. The van der Waals surface area contributed by atoms with Gasteiger partial charge >= 0.3 is 0 Å². The molecule has 4 nitrogen and oxygen atoms in total. The van der Waals surface area contributed by atoms with E-state index < -0.39 is 0 Å². The molecule has 1 heterocycles. The molecule has 0 spiro atoms. The van der Waals surface area contributed by atoms with Crippen LogP contribution in [0.1, 0.15) is 43.7 Å². The van der Waals surface area contributed by atoms with Gasteiger partial charge < -0.3 is 16.0 Å². The maximum absolute atomic E-state index is 6.11. The highest BCUT2D eigenvalue weighted by atomic mass is 15.0. The van der Waals surface area contributed by atoms with E-state index in [1.165, 1.54) is 0 Å². The van der Waals surface area contributed by atoms with Crippen LogP contribution in [0.2, 0.25) is 0 Å². The van der Waals surface area contributed by atoms with Gasteiger partial charge in [0.25, 0.3) is 0 Å². The first-order valence-corrected chi connectivity index (χ1v) is 11.4. The van der Waals surface area contributed by atoms with Gasteiger partial charge in [0, 0.05) is 43.5 Å². The molecule has 2 aromatic rings. The average molecular weight is 429 g/mol. The molecule has 1 saturated carbocycles. The van der Waals surface area contributed by atoms with Crippen molar-refractivity contribution in [2.75, 3.05) is 19.4 Å². The molecule has 168 valence electrons. The molecule has 0 unspecified atom stereocenters. The SMILES string of the molecule is C=C/C(=C\N(C)C)c1cccc(-c2ccc(C(=C)/C=C\C)c(NC3CCC(N)CC3)n2)c1. The molecule has 1 aromatic heterocycles. The summed E-state index contributed by atoms with van der Waals surface area (Å²) in [7, 11) is 4.03. The van der Waals surface area contributed by atoms with E-state index in [1.54, 1.807) is 0 Å². The molecule has 0 atom stereocenters. The van der Waals surface area contributed by atoms with Gasteiger partial charge in [0.2, 0.25) is 0 Å². The first kappa shape index (κ1) is 23.6. The lowest BCUT2D eigenvalue weighted by atomic mass is 9.91. The van der Waals surface area contributed by atoms with Crippen molar-refractivity contribution in [3.8, 4) is 11.3 Å². The zero-order valence-corrected chi connectivity index (χ0v) is 19.6. The monoisotopic (exact) mass is 428 g/mol. The number of hydrogen-bond acceptors (Lipinski definition) is 4. The molecule has 3 N–H and O–H groups in total. The first-order valence-electron chi connectivity index (χ1n) is 11.4. The number of aromatic nitrogens is 1. The second-order valence-electron chi connectivity index (χ2n) is 8.71. The summed E-state index contributed by atoms with van der Waals surface area (Å²) in [5, 5.41) is 3.70. The first-order chi connectivity index (χ1) is 15.4. The summed E-state index contributed by atoms with van der Waals surface area (Å²) in [6.07, 6.45) is 12.2. The number of anilines is 1. The van der Waals surface area contributed by atoms with Crippen LogP contribution in [0.5, 0.6) is 0 Å². The summed E-state index contributed by atoms with van der Waals surface area (Å²) in [4.78, 5) is 7.08. The Balaban J connectivity index is 1.98. The largest absolute Gasteiger partial charge is 0.383 e. The summed E-state index contributed by atoms with van der Waals surface area (Å²) < 4.78 is 0. The lowest BCUT2D eigenvalue weighted by Gasteiger charge is -2.28. The molecule has 1 aliphatic carbocycles. The van der Waals surface area contributed by atoms with Crippen molar-refractivity contribution in [2.45, 2.75) is 44.7 Å². The normalized spacial score (nSPS) is 19.1. The Morgan fingerprint density at radius 3 is 2.56 bits per heavy atom. The fourth-order valence-corrected chi connectivity index (χ4v) is 4.12. The fraction of sp³-hybridized carbons (Fsp3) is 0.321. The van der Waals surface area contributed by atoms with E-state index in [9.17, 15) is 0 Å². The smallest absolute Gasteiger partial charge is 0.134 e. The highest BCUT2D eigenvalue weighted by molar-refractivity contribution is 5.81. The van der Waals surface area contributed by atoms with Crippen molar-refractivity contribution in [2.24, 2.45) is 5.73 Å². The van der Waals surface area contributed by atoms with E-state index >= 15 is 0 Å². The van der Waals surface area contributed by atoms with Gasteiger partial charge in [-0.25, -0.2) is 4.98 Å². The summed E-state index contributed by atoms with van der Waals surface area (Å²) >= 11 is 0. The van der Waals surface area contributed by atoms with E-state index in [2.05, 4.69) is 61.1 Å². The summed E-state index contributed by atoms with van der Waals surface area (Å²) in [5.41, 5.74) is 12.3. The lowest BCUT2D eigenvalue weighted by molar-refractivity contribution is 0.410. The second-order valence-corrected chi connectivity index (χ2v) is 8.71. The average Bonchev–Trinajstić information content (AvgIpc) is 2.79. The van der Waals surface area contributed by atoms with Gasteiger partial charge in [-0.3, -0.25) is 0 Å². The standard InChI is InChI=1S/C28H36N4/c1-6-9-20(3)26-16-17-27(31-28(26)30-25-14-12-24(29)13-15-25)23-11-8-10-22(18-23)21(7-2)19-32(4)5/h6-11,16-19,24-25H,2-3,12-15,29H2,1,4-5H3,(H,30,31)/b9-6-,21-19+. The highest BCUT2D eigenvalue weighted by Crippen LogP contribution is 2.30. The van der Waals surface area contributed by atoms with Crippen molar-refractivity contribution in [3.63, 3.8) is 0 Å². The molecule has 4 heteroatoms. The summed E-state index contributed by atoms with van der Waals surface area (Å²) in [5.74, 6) is 0.893. The van der Waals surface area contributed by atoms with Crippen LogP contribution in [0.15, 0.2) is 74.0 Å². The number of pyridine rings is 1. The van der Waals surface area contributed by atoms with Crippen LogP contribution in [0.25, 0.3) is 22.4 Å². The molecule has 0 aliphatic heterocycles. The van der Waals surface area contributed by atoms with Crippen LogP contribution in [0.4, 0.5) is 5.82 Å². The van der Waals surface area contributed by atoms with Gasteiger partial charge in [0.05, 0.1) is 5.69 Å². The Labute approximate surface area is 193 Å². The maximum Gasteiger partial charge on any atom is 0.134 e. The molecule has 0 radical (unpaired) electrons. The van der Waals surface area contributed by atoms with E-state index in [0.29, 0.717) is 12.1 Å². The fourth-order valence-electron chi connectivity index (χ4n) is 4.12. The van der Waals surface area contributed by atoms with Crippen molar-refractivity contribution in [1.29, 1.82) is 0 Å². The molecule has 0 bridgehead atoms. The summed E-state index contributed by atoms with van der Waals surface area (Å²) in [6, 6.07) is 13.4. The van der Waals surface area contributed by atoms with Crippen LogP contribution in [0.3, 0.4) is 0 Å². The van der Waals surface area contributed by atoms with E-state index in [0.717, 1.165) is 65.0 Å². The molecular formula is C28H36N4. The van der Waals surface area contributed by atoms with Gasteiger partial charge in [-0.15, -0.1) is 0 Å². The van der Waals surface area contributed by atoms with E-state index in [4.69, 9.17) is 10.7 Å². The van der Waals surface area contributed by atoms with Gasteiger partial charge in [0.1, 0.15) is 5.82 Å².